The number of benzene rings is 1. The van der Waals surface area contributed by atoms with Crippen LogP contribution in [0.1, 0.15) is 22.5 Å². The van der Waals surface area contributed by atoms with Gasteiger partial charge in [-0.3, -0.25) is 4.79 Å². The molecule has 154 valence electrons. The summed E-state index contributed by atoms with van der Waals surface area (Å²) in [7, 11) is -2.27. The Balaban J connectivity index is 1.87. The van der Waals surface area contributed by atoms with E-state index >= 15 is 0 Å². The van der Waals surface area contributed by atoms with Gasteiger partial charge in [-0.1, -0.05) is 17.8 Å². The summed E-state index contributed by atoms with van der Waals surface area (Å²) in [5.74, 6) is 0.216. The molecule has 3 aromatic rings. The molecule has 0 aliphatic heterocycles. The van der Waals surface area contributed by atoms with Crippen molar-refractivity contribution in [3.8, 4) is 0 Å². The number of thioether (sulfide) groups is 1. The lowest BCUT2D eigenvalue weighted by molar-refractivity contribution is -0.115. The monoisotopic (exact) mass is 434 g/mol. The van der Waals surface area contributed by atoms with Crippen molar-refractivity contribution >= 4 is 39.2 Å². The Morgan fingerprint density at radius 2 is 1.93 bits per heavy atom. The van der Waals surface area contributed by atoms with Gasteiger partial charge in [-0.25, -0.2) is 22.6 Å². The highest BCUT2D eigenvalue weighted by Gasteiger charge is 2.18. The maximum atomic E-state index is 12.6. The van der Waals surface area contributed by atoms with Crippen LogP contribution in [0.25, 0.3) is 5.78 Å². The van der Waals surface area contributed by atoms with Crippen LogP contribution in [0.3, 0.4) is 0 Å². The van der Waals surface area contributed by atoms with E-state index in [1.807, 2.05) is 20.1 Å². The summed E-state index contributed by atoms with van der Waals surface area (Å²) in [5.41, 5.74) is 3.24. The third-order valence-electron chi connectivity index (χ3n) is 4.58. The number of aryl methyl sites for hydroxylation is 3. The third-order valence-corrected chi connectivity index (χ3v) is 6.67. The lowest BCUT2D eigenvalue weighted by atomic mass is 10.1. The van der Waals surface area contributed by atoms with Gasteiger partial charge in [0.2, 0.25) is 21.1 Å². The van der Waals surface area contributed by atoms with Crippen LogP contribution in [0.15, 0.2) is 28.3 Å². The van der Waals surface area contributed by atoms with Crippen LogP contribution in [-0.2, 0) is 21.2 Å². The van der Waals surface area contributed by atoms with Crippen molar-refractivity contribution in [1.82, 2.24) is 24.3 Å². The number of sulfonamides is 1. The smallest absolute Gasteiger partial charge is 0.253 e. The highest BCUT2D eigenvalue weighted by Crippen LogP contribution is 2.21. The molecule has 0 aliphatic rings. The molecule has 1 amide bonds. The number of hydrogen-bond donors (Lipinski definition) is 2. The predicted octanol–water partition coefficient (Wildman–Crippen LogP) is 1.86. The Morgan fingerprint density at radius 3 is 2.59 bits per heavy atom. The molecule has 2 heterocycles. The van der Waals surface area contributed by atoms with Crippen LogP contribution in [0, 0.1) is 20.8 Å². The Morgan fingerprint density at radius 1 is 1.21 bits per heavy atom. The van der Waals surface area contributed by atoms with Gasteiger partial charge in [-0.2, -0.15) is 4.98 Å². The zero-order valence-corrected chi connectivity index (χ0v) is 18.4. The van der Waals surface area contributed by atoms with Crippen molar-refractivity contribution in [3.05, 3.63) is 40.7 Å². The maximum Gasteiger partial charge on any atom is 0.253 e. The molecule has 29 heavy (non-hydrogen) atoms. The SMILES string of the molecule is CNS(=O)(=O)c1cc(NC(=O)Cc2c(C)nc3nc(SC)nn3c2C)ccc1C. The molecular weight excluding hydrogens is 412 g/mol. The minimum atomic E-state index is -3.62. The second-order valence-corrected chi connectivity index (χ2v) is 9.11. The molecule has 1 aromatic carbocycles. The van der Waals surface area contributed by atoms with Gasteiger partial charge in [0.15, 0.2) is 0 Å². The summed E-state index contributed by atoms with van der Waals surface area (Å²) in [6, 6.07) is 4.77. The first kappa shape index (κ1) is 21.2. The largest absolute Gasteiger partial charge is 0.326 e. The molecule has 2 N–H and O–H groups in total. The molecule has 0 atom stereocenters. The zero-order chi connectivity index (χ0) is 21.3. The topological polar surface area (TPSA) is 118 Å². The first-order chi connectivity index (χ1) is 13.7. The second kappa shape index (κ2) is 8.09. The van der Waals surface area contributed by atoms with Gasteiger partial charge in [0.1, 0.15) is 0 Å². The Bertz CT molecular complexity index is 1200. The fourth-order valence-electron chi connectivity index (χ4n) is 2.98. The van der Waals surface area contributed by atoms with Gasteiger partial charge in [0, 0.05) is 22.6 Å². The quantitative estimate of drug-likeness (QED) is 0.569. The zero-order valence-electron chi connectivity index (χ0n) is 16.8. The van der Waals surface area contributed by atoms with Gasteiger partial charge < -0.3 is 5.32 Å². The molecule has 3 rings (SSSR count). The van der Waals surface area contributed by atoms with E-state index in [-0.39, 0.29) is 17.2 Å². The number of anilines is 1. The fourth-order valence-corrected chi connectivity index (χ4v) is 4.31. The lowest BCUT2D eigenvalue weighted by Crippen LogP contribution is -2.21. The van der Waals surface area contributed by atoms with Crippen molar-refractivity contribution in [2.75, 3.05) is 18.6 Å². The average Bonchev–Trinajstić information content (AvgIpc) is 3.09. The van der Waals surface area contributed by atoms with Crippen molar-refractivity contribution in [2.45, 2.75) is 37.2 Å². The second-order valence-electron chi connectivity index (χ2n) is 6.48. The molecule has 0 saturated carbocycles. The minimum Gasteiger partial charge on any atom is -0.326 e. The van der Waals surface area contributed by atoms with Crippen molar-refractivity contribution in [3.63, 3.8) is 0 Å². The number of nitrogens with one attached hydrogen (secondary N) is 2. The number of amides is 1. The molecule has 0 aliphatic carbocycles. The molecule has 0 saturated heterocycles. The van der Waals surface area contributed by atoms with Crippen LogP contribution in [0.4, 0.5) is 5.69 Å². The molecule has 0 fully saturated rings. The summed E-state index contributed by atoms with van der Waals surface area (Å²) in [5, 5.41) is 7.76. The molecule has 0 radical (unpaired) electrons. The van der Waals surface area contributed by atoms with Crippen LogP contribution in [-0.4, -0.2) is 47.2 Å². The summed E-state index contributed by atoms with van der Waals surface area (Å²) >= 11 is 1.42. The fraction of sp³-hybridized carbons (Fsp3) is 0.333. The van der Waals surface area contributed by atoms with Crippen LogP contribution < -0.4 is 10.0 Å². The molecule has 2 aromatic heterocycles. The lowest BCUT2D eigenvalue weighted by Gasteiger charge is -2.12. The molecule has 9 nitrogen and oxygen atoms in total. The molecule has 0 bridgehead atoms. The summed E-state index contributed by atoms with van der Waals surface area (Å²) in [6.07, 6.45) is 1.96. The Kier molecular flexibility index (Phi) is 5.92. The van der Waals surface area contributed by atoms with E-state index in [1.54, 1.807) is 23.6 Å². The van der Waals surface area contributed by atoms with E-state index in [2.05, 4.69) is 25.1 Å². The van der Waals surface area contributed by atoms with E-state index < -0.39 is 10.0 Å². The number of rotatable bonds is 6. The number of carbonyl (C=O) groups excluding carboxylic acids is 1. The molecule has 0 unspecified atom stereocenters. The third kappa shape index (κ3) is 4.26. The van der Waals surface area contributed by atoms with Crippen LogP contribution >= 0.6 is 11.8 Å². The predicted molar refractivity (Wildman–Crippen MR) is 112 cm³/mol. The summed E-state index contributed by atoms with van der Waals surface area (Å²) in [6.45, 7) is 5.39. The molecule has 11 heteroatoms. The number of nitrogens with zero attached hydrogens (tertiary/aromatic N) is 4. The van der Waals surface area contributed by atoms with Gasteiger partial charge in [0.25, 0.3) is 5.78 Å². The van der Waals surface area contributed by atoms with Gasteiger partial charge in [0.05, 0.1) is 11.3 Å². The first-order valence-electron chi connectivity index (χ1n) is 8.77. The van der Waals surface area contributed by atoms with Crippen LogP contribution in [0.5, 0.6) is 0 Å². The van der Waals surface area contributed by atoms with Crippen molar-refractivity contribution < 1.29 is 13.2 Å². The van der Waals surface area contributed by atoms with E-state index in [9.17, 15) is 13.2 Å². The Hall–Kier alpha value is -2.50. The number of carbonyl (C=O) groups is 1. The van der Waals surface area contributed by atoms with E-state index in [4.69, 9.17) is 0 Å². The van der Waals surface area contributed by atoms with Crippen molar-refractivity contribution in [2.24, 2.45) is 0 Å². The molecular formula is C18H22N6O3S2. The van der Waals surface area contributed by atoms with Gasteiger partial charge in [-0.15, -0.1) is 5.10 Å². The summed E-state index contributed by atoms with van der Waals surface area (Å²) < 4.78 is 28.2. The van der Waals surface area contributed by atoms with E-state index in [1.165, 1.54) is 24.9 Å². The minimum absolute atomic E-state index is 0.0804. The van der Waals surface area contributed by atoms with E-state index in [0.717, 1.165) is 11.3 Å². The van der Waals surface area contributed by atoms with Gasteiger partial charge in [-0.05, 0) is 51.8 Å². The Labute approximate surface area is 173 Å². The number of hydrogen-bond acceptors (Lipinski definition) is 7. The van der Waals surface area contributed by atoms with E-state index in [0.29, 0.717) is 27.9 Å². The normalized spacial score (nSPS) is 11.8. The highest BCUT2D eigenvalue weighted by atomic mass is 32.2. The number of aromatic nitrogens is 4. The molecule has 0 spiro atoms. The van der Waals surface area contributed by atoms with Gasteiger partial charge >= 0.3 is 0 Å². The number of fused-ring (bicyclic) bond motifs is 1. The maximum absolute atomic E-state index is 12.6. The van der Waals surface area contributed by atoms with Crippen molar-refractivity contribution in [1.29, 1.82) is 0 Å². The average molecular weight is 435 g/mol. The highest BCUT2D eigenvalue weighted by molar-refractivity contribution is 7.98. The standard InChI is InChI=1S/C18H22N6O3S2/c1-10-6-7-13(8-15(10)29(26,27)19-4)21-16(25)9-14-11(2)20-17-22-18(28-5)23-24(17)12(14)3/h6-8,19H,9H2,1-5H3,(H,21,25). The summed E-state index contributed by atoms with van der Waals surface area (Å²) in [4.78, 5) is 21.5. The van der Waals surface area contributed by atoms with Crippen LogP contribution in [0.2, 0.25) is 0 Å². The first-order valence-corrected chi connectivity index (χ1v) is 11.5.